The first kappa shape index (κ1) is 18.0. The van der Waals surface area contributed by atoms with E-state index in [1.54, 1.807) is 11.3 Å². The fourth-order valence-electron chi connectivity index (χ4n) is 4.00. The Labute approximate surface area is 163 Å². The fraction of sp³-hybridized carbons (Fsp3) is 0.400. The van der Waals surface area contributed by atoms with Crippen LogP contribution < -0.4 is 10.2 Å². The summed E-state index contributed by atoms with van der Waals surface area (Å²) in [5.74, 6) is 0.115. The van der Waals surface area contributed by atoms with Crippen molar-refractivity contribution in [3.63, 3.8) is 0 Å². The Balaban J connectivity index is 1.48. The third-order valence-electron chi connectivity index (χ3n) is 5.64. The highest BCUT2D eigenvalue weighted by Gasteiger charge is 2.48. The summed E-state index contributed by atoms with van der Waals surface area (Å²) < 4.78 is 0. The van der Waals surface area contributed by atoms with Crippen LogP contribution in [0.15, 0.2) is 41.1 Å². The van der Waals surface area contributed by atoms with Crippen LogP contribution in [0.1, 0.15) is 12.0 Å². The maximum Gasteiger partial charge on any atom is 0.321 e. The second-order valence-electron chi connectivity index (χ2n) is 7.51. The average molecular weight is 385 g/mol. The first-order valence-corrected chi connectivity index (χ1v) is 10.1. The van der Waals surface area contributed by atoms with Gasteiger partial charge in [0.2, 0.25) is 5.91 Å². The van der Waals surface area contributed by atoms with Crippen molar-refractivity contribution in [2.75, 3.05) is 43.4 Å². The number of nitrogens with zero attached hydrogens (tertiary/aromatic N) is 3. The highest BCUT2D eigenvalue weighted by Crippen LogP contribution is 2.34. The van der Waals surface area contributed by atoms with Gasteiger partial charge in [-0.15, -0.1) is 0 Å². The quantitative estimate of drug-likeness (QED) is 0.866. The number of aryl methyl sites for hydroxylation is 1. The second kappa shape index (κ2) is 6.98. The lowest BCUT2D eigenvalue weighted by atomic mass is 9.93. The molecule has 6 nitrogen and oxygen atoms in total. The zero-order valence-corrected chi connectivity index (χ0v) is 16.5. The third kappa shape index (κ3) is 3.44. The fourth-order valence-corrected chi connectivity index (χ4v) is 4.64. The molecule has 2 aliphatic rings. The summed E-state index contributed by atoms with van der Waals surface area (Å²) in [6.45, 7) is 4.31. The molecule has 0 saturated carbocycles. The number of likely N-dealkylation sites (tertiary alicyclic amines) is 1. The molecular formula is C20H24N4O2S. The molecule has 2 saturated heterocycles. The maximum absolute atomic E-state index is 12.8. The van der Waals surface area contributed by atoms with Crippen molar-refractivity contribution >= 4 is 34.6 Å². The van der Waals surface area contributed by atoms with Crippen LogP contribution in [-0.4, -0.2) is 60.5 Å². The highest BCUT2D eigenvalue weighted by molar-refractivity contribution is 7.08. The zero-order chi connectivity index (χ0) is 19.0. The van der Waals surface area contributed by atoms with Gasteiger partial charge in [-0.1, -0.05) is 12.1 Å². The first-order valence-electron chi connectivity index (χ1n) is 9.13. The Kier molecular flexibility index (Phi) is 4.65. The van der Waals surface area contributed by atoms with Crippen LogP contribution in [0.4, 0.5) is 16.2 Å². The van der Waals surface area contributed by atoms with Crippen LogP contribution in [0.2, 0.25) is 0 Å². The molecule has 3 heterocycles. The molecular weight excluding hydrogens is 360 g/mol. The number of carbonyl (C=O) groups excluding carboxylic acids is 2. The van der Waals surface area contributed by atoms with E-state index in [0.717, 1.165) is 23.4 Å². The number of urea groups is 1. The summed E-state index contributed by atoms with van der Waals surface area (Å²) in [5.41, 5.74) is 2.69. The van der Waals surface area contributed by atoms with E-state index < -0.39 is 0 Å². The number of carbonyl (C=O) groups is 2. The number of nitrogens with one attached hydrogen (secondary N) is 1. The highest BCUT2D eigenvalue weighted by atomic mass is 32.1. The Morgan fingerprint density at radius 3 is 2.85 bits per heavy atom. The molecule has 4 rings (SSSR count). The van der Waals surface area contributed by atoms with Gasteiger partial charge in [0.25, 0.3) is 0 Å². The van der Waals surface area contributed by atoms with Crippen molar-refractivity contribution in [3.8, 4) is 0 Å². The van der Waals surface area contributed by atoms with Gasteiger partial charge in [0.15, 0.2) is 0 Å². The van der Waals surface area contributed by atoms with Crippen molar-refractivity contribution in [3.05, 3.63) is 46.7 Å². The Hall–Kier alpha value is -2.38. The summed E-state index contributed by atoms with van der Waals surface area (Å²) >= 11 is 1.59. The van der Waals surface area contributed by atoms with Crippen LogP contribution >= 0.6 is 11.3 Å². The molecule has 0 radical (unpaired) electrons. The number of piperazine rings is 1. The number of rotatable bonds is 2. The minimum atomic E-state index is -0.195. The SMILES string of the molecule is Cc1cccc(NC(=O)N2CC[C@@]3(C2)CN(c2ccsc2)C(=O)CN3C)c1. The molecule has 0 aliphatic carbocycles. The molecule has 2 aliphatic heterocycles. The lowest BCUT2D eigenvalue weighted by Gasteiger charge is -2.46. The van der Waals surface area contributed by atoms with Gasteiger partial charge in [-0.3, -0.25) is 9.69 Å². The van der Waals surface area contributed by atoms with Gasteiger partial charge >= 0.3 is 6.03 Å². The van der Waals surface area contributed by atoms with Crippen LogP contribution in [-0.2, 0) is 4.79 Å². The molecule has 142 valence electrons. The van der Waals surface area contributed by atoms with Crippen molar-refractivity contribution < 1.29 is 9.59 Å². The third-order valence-corrected chi connectivity index (χ3v) is 6.31. The molecule has 0 bridgehead atoms. The van der Waals surface area contributed by atoms with E-state index in [9.17, 15) is 9.59 Å². The standard InChI is InChI=1S/C20H24N4O2S/c1-15-4-3-5-16(10-15)21-19(26)23-8-7-20(13-23)14-24(17-6-9-27-12-17)18(25)11-22(20)2/h3-6,9-10,12H,7-8,11,13-14H2,1-2H3,(H,21,26)/t20-/m1/s1. The number of likely N-dealkylation sites (N-methyl/N-ethyl adjacent to an activating group) is 1. The summed E-state index contributed by atoms with van der Waals surface area (Å²) in [4.78, 5) is 31.1. The minimum Gasteiger partial charge on any atom is -0.323 e. The lowest BCUT2D eigenvalue weighted by molar-refractivity contribution is -0.123. The van der Waals surface area contributed by atoms with E-state index in [4.69, 9.17) is 0 Å². The summed E-state index contributed by atoms with van der Waals surface area (Å²) in [6, 6.07) is 9.72. The molecule has 1 aromatic heterocycles. The average Bonchev–Trinajstić information content (AvgIpc) is 3.29. The normalized spacial score (nSPS) is 23.3. The predicted octanol–water partition coefficient (Wildman–Crippen LogP) is 3.01. The van der Waals surface area contributed by atoms with Crippen molar-refractivity contribution in [1.82, 2.24) is 9.80 Å². The van der Waals surface area contributed by atoms with E-state index in [-0.39, 0.29) is 17.5 Å². The van der Waals surface area contributed by atoms with Crippen LogP contribution in [0.25, 0.3) is 0 Å². The van der Waals surface area contributed by atoms with Crippen molar-refractivity contribution in [2.45, 2.75) is 18.9 Å². The van der Waals surface area contributed by atoms with Gasteiger partial charge < -0.3 is 15.1 Å². The molecule has 1 aromatic carbocycles. The molecule has 2 aromatic rings. The van der Waals surface area contributed by atoms with Gasteiger partial charge in [-0.05, 0) is 49.5 Å². The van der Waals surface area contributed by atoms with Crippen molar-refractivity contribution in [2.24, 2.45) is 0 Å². The smallest absolute Gasteiger partial charge is 0.321 e. The monoisotopic (exact) mass is 384 g/mol. The minimum absolute atomic E-state index is 0.0788. The molecule has 7 heteroatoms. The first-order chi connectivity index (χ1) is 13.0. The molecule has 27 heavy (non-hydrogen) atoms. The van der Waals surface area contributed by atoms with Gasteiger partial charge in [-0.2, -0.15) is 11.3 Å². The lowest BCUT2D eigenvalue weighted by Crippen LogP contribution is -2.64. The van der Waals surface area contributed by atoms with E-state index in [0.29, 0.717) is 26.2 Å². The van der Waals surface area contributed by atoms with Gasteiger partial charge in [-0.25, -0.2) is 4.79 Å². The van der Waals surface area contributed by atoms with E-state index in [1.807, 2.05) is 64.9 Å². The number of benzene rings is 1. The van der Waals surface area contributed by atoms with Crippen LogP contribution in [0, 0.1) is 6.92 Å². The summed E-state index contributed by atoms with van der Waals surface area (Å²) in [6.07, 6.45) is 0.860. The number of amides is 3. The number of anilines is 2. The Morgan fingerprint density at radius 2 is 2.11 bits per heavy atom. The zero-order valence-electron chi connectivity index (χ0n) is 15.6. The molecule has 1 atom stereocenters. The van der Waals surface area contributed by atoms with Gasteiger partial charge in [0, 0.05) is 30.7 Å². The van der Waals surface area contributed by atoms with E-state index >= 15 is 0 Å². The number of thiophene rings is 1. The molecule has 3 amide bonds. The van der Waals surface area contributed by atoms with E-state index in [2.05, 4.69) is 10.2 Å². The molecule has 1 spiro atoms. The summed E-state index contributed by atoms with van der Waals surface area (Å²) in [7, 11) is 1.99. The topological polar surface area (TPSA) is 55.9 Å². The predicted molar refractivity (Wildman–Crippen MR) is 108 cm³/mol. The number of hydrogen-bond donors (Lipinski definition) is 1. The van der Waals surface area contributed by atoms with Crippen LogP contribution in [0.3, 0.4) is 0 Å². The second-order valence-corrected chi connectivity index (χ2v) is 8.29. The van der Waals surface area contributed by atoms with Crippen LogP contribution in [0.5, 0.6) is 0 Å². The van der Waals surface area contributed by atoms with Crippen molar-refractivity contribution in [1.29, 1.82) is 0 Å². The maximum atomic E-state index is 12.8. The molecule has 2 fully saturated rings. The molecule has 0 unspecified atom stereocenters. The Bertz CT molecular complexity index is 853. The number of hydrogen-bond acceptors (Lipinski definition) is 4. The van der Waals surface area contributed by atoms with E-state index in [1.165, 1.54) is 0 Å². The molecule has 1 N–H and O–H groups in total. The Morgan fingerprint density at radius 1 is 1.26 bits per heavy atom. The van der Waals surface area contributed by atoms with Gasteiger partial charge in [0.1, 0.15) is 0 Å². The van der Waals surface area contributed by atoms with Gasteiger partial charge in [0.05, 0.1) is 17.8 Å². The largest absolute Gasteiger partial charge is 0.323 e. The summed E-state index contributed by atoms with van der Waals surface area (Å²) in [5, 5.41) is 7.00.